The number of benzene rings is 1. The molecule has 0 saturated carbocycles. The van der Waals surface area contributed by atoms with Gasteiger partial charge in [-0.25, -0.2) is 0 Å². The third kappa shape index (κ3) is 3.92. The molecule has 1 atom stereocenters. The lowest BCUT2D eigenvalue weighted by Gasteiger charge is -2.13. The second-order valence-electron chi connectivity index (χ2n) is 4.08. The Kier molecular flexibility index (Phi) is 8.85. The summed E-state index contributed by atoms with van der Waals surface area (Å²) >= 11 is 6.12. The molecule has 0 bridgehead atoms. The summed E-state index contributed by atoms with van der Waals surface area (Å²) in [6.07, 6.45) is 0.356. The minimum Gasteiger partial charge on any atom is -0.494 e. The highest BCUT2D eigenvalue weighted by molar-refractivity contribution is 6.63. The quantitative estimate of drug-likeness (QED) is 0.539. The lowest BCUT2D eigenvalue weighted by molar-refractivity contribution is 0.198. The fourth-order valence-electron chi connectivity index (χ4n) is 2.03. The number of ether oxygens (including phenoxy) is 1. The van der Waals surface area contributed by atoms with E-state index in [0.717, 1.165) is 12.0 Å². The van der Waals surface area contributed by atoms with Crippen LogP contribution in [0.5, 0.6) is 5.75 Å². The van der Waals surface area contributed by atoms with Crippen molar-refractivity contribution in [1.29, 1.82) is 0 Å². The first-order valence-corrected chi connectivity index (χ1v) is 6.25. The Labute approximate surface area is 135 Å². The van der Waals surface area contributed by atoms with Crippen molar-refractivity contribution in [2.75, 3.05) is 19.7 Å². The summed E-state index contributed by atoms with van der Waals surface area (Å²) in [6.45, 7) is 1.31. The first-order chi connectivity index (χ1) is 8.69. The van der Waals surface area contributed by atoms with Crippen molar-refractivity contribution in [3.8, 4) is 5.75 Å². The zero-order chi connectivity index (χ0) is 13.1. The van der Waals surface area contributed by atoms with Crippen molar-refractivity contribution < 1.29 is 14.4 Å². The van der Waals surface area contributed by atoms with Gasteiger partial charge in [0.05, 0.1) is 12.7 Å². The maximum atomic E-state index is 9.90. The minimum absolute atomic E-state index is 0. The Hall–Kier alpha value is -0.205. The molecule has 0 fully saturated rings. The zero-order valence-corrected chi connectivity index (χ0v) is 13.1. The summed E-state index contributed by atoms with van der Waals surface area (Å²) in [7, 11) is -1.04. The van der Waals surface area contributed by atoms with Crippen LogP contribution in [0.3, 0.4) is 0 Å². The molecular weight excluding hydrogens is 325 g/mol. The maximum absolute atomic E-state index is 9.90. The van der Waals surface area contributed by atoms with E-state index in [1.165, 1.54) is 0 Å². The summed E-state index contributed by atoms with van der Waals surface area (Å²) in [5, 5.41) is 10.4. The fraction of sp³-hybridized carbons (Fsp3) is 0.455. The van der Waals surface area contributed by atoms with E-state index in [1.807, 2.05) is 0 Å². The Bertz CT molecular complexity index is 440. The van der Waals surface area contributed by atoms with Crippen LogP contribution in [-0.4, -0.2) is 31.8 Å². The van der Waals surface area contributed by atoms with Crippen LogP contribution in [0.25, 0.3) is 0 Å². The van der Waals surface area contributed by atoms with E-state index in [4.69, 9.17) is 32.5 Å². The first-order valence-electron chi connectivity index (χ1n) is 5.87. The number of hydrogen-bond donors (Lipinski definition) is 3. The van der Waals surface area contributed by atoms with Gasteiger partial charge in [0.1, 0.15) is 5.75 Å². The van der Waals surface area contributed by atoms with Crippen LogP contribution in [0.15, 0.2) is 12.1 Å². The van der Waals surface area contributed by atoms with Gasteiger partial charge >= 0.3 is 7.12 Å². The van der Waals surface area contributed by atoms with E-state index >= 15 is 0 Å². The van der Waals surface area contributed by atoms with Crippen molar-refractivity contribution in [3.05, 3.63) is 22.7 Å². The van der Waals surface area contributed by atoms with Gasteiger partial charge in [0, 0.05) is 22.6 Å². The Morgan fingerprint density at radius 2 is 2.05 bits per heavy atom. The second-order valence-corrected chi connectivity index (χ2v) is 4.48. The van der Waals surface area contributed by atoms with Crippen LogP contribution in [0.1, 0.15) is 18.1 Å². The summed E-state index contributed by atoms with van der Waals surface area (Å²) in [5.41, 5.74) is 12.3. The number of rotatable bonds is 5. The molecule has 1 aromatic carbocycles. The maximum Gasteiger partial charge on any atom is 0.495 e. The molecule has 0 amide bonds. The van der Waals surface area contributed by atoms with Gasteiger partial charge in [-0.2, -0.15) is 0 Å². The van der Waals surface area contributed by atoms with E-state index in [-0.39, 0.29) is 37.5 Å². The van der Waals surface area contributed by atoms with Gasteiger partial charge in [0.2, 0.25) is 0 Å². The first kappa shape index (κ1) is 19.8. The summed E-state index contributed by atoms with van der Waals surface area (Å²) in [4.78, 5) is 0. The number of fused-ring (bicyclic) bond motifs is 1. The van der Waals surface area contributed by atoms with Gasteiger partial charge in [-0.3, -0.25) is 0 Å². The second kappa shape index (κ2) is 8.94. The van der Waals surface area contributed by atoms with Crippen LogP contribution < -0.4 is 21.7 Å². The Balaban J connectivity index is 0.00000180. The topological polar surface area (TPSA) is 90.7 Å². The van der Waals surface area contributed by atoms with Crippen LogP contribution in [0, 0.1) is 0 Å². The molecule has 1 unspecified atom stereocenters. The Morgan fingerprint density at radius 3 is 2.65 bits per heavy atom. The average molecular weight is 343 g/mol. The number of hydrogen-bond acceptors (Lipinski definition) is 5. The van der Waals surface area contributed by atoms with Gasteiger partial charge in [-0.1, -0.05) is 11.6 Å². The summed E-state index contributed by atoms with van der Waals surface area (Å²) in [5.74, 6) is 0.575. The van der Waals surface area contributed by atoms with Crippen molar-refractivity contribution in [1.82, 2.24) is 0 Å². The molecule has 2 rings (SSSR count). The van der Waals surface area contributed by atoms with Crippen molar-refractivity contribution in [3.63, 3.8) is 0 Å². The molecule has 20 heavy (non-hydrogen) atoms. The molecule has 0 aromatic heterocycles. The highest BCUT2D eigenvalue weighted by Gasteiger charge is 2.39. The van der Waals surface area contributed by atoms with Crippen LogP contribution >= 0.6 is 36.4 Å². The molecule has 0 saturated heterocycles. The molecule has 1 aromatic rings. The molecular formula is C11H18BCl3N2O3. The van der Waals surface area contributed by atoms with E-state index in [1.54, 1.807) is 12.1 Å². The molecule has 0 spiro atoms. The van der Waals surface area contributed by atoms with Crippen molar-refractivity contribution in [2.24, 2.45) is 11.5 Å². The van der Waals surface area contributed by atoms with Crippen molar-refractivity contribution >= 4 is 49.0 Å². The van der Waals surface area contributed by atoms with Gasteiger partial charge in [0.15, 0.2) is 0 Å². The van der Waals surface area contributed by atoms with Crippen molar-refractivity contribution in [2.45, 2.75) is 12.5 Å². The van der Waals surface area contributed by atoms with Crippen LogP contribution in [0.4, 0.5) is 0 Å². The highest BCUT2D eigenvalue weighted by Crippen LogP contribution is 2.32. The molecule has 114 valence electrons. The number of nitrogens with two attached hydrogens (primary N) is 2. The molecule has 0 radical (unpaired) electrons. The van der Waals surface area contributed by atoms with Gasteiger partial charge in [0.25, 0.3) is 0 Å². The molecule has 5 N–H and O–H groups in total. The predicted octanol–water partition coefficient (Wildman–Crippen LogP) is 0.629. The third-order valence-corrected chi connectivity index (χ3v) is 3.21. The Morgan fingerprint density at radius 1 is 1.35 bits per heavy atom. The normalized spacial score (nSPS) is 16.2. The van der Waals surface area contributed by atoms with E-state index in [2.05, 4.69) is 0 Å². The highest BCUT2D eigenvalue weighted by atomic mass is 35.5. The molecule has 1 aliphatic rings. The van der Waals surface area contributed by atoms with Crippen LogP contribution in [0.2, 0.25) is 5.02 Å². The molecule has 9 heteroatoms. The third-order valence-electron chi connectivity index (χ3n) is 2.88. The van der Waals surface area contributed by atoms with Gasteiger partial charge in [-0.15, -0.1) is 24.8 Å². The number of halogens is 3. The minimum atomic E-state index is -1.04. The van der Waals surface area contributed by atoms with E-state index < -0.39 is 7.12 Å². The molecule has 1 aliphatic heterocycles. The zero-order valence-electron chi connectivity index (χ0n) is 10.8. The molecule has 0 aliphatic carbocycles. The fourth-order valence-corrected chi connectivity index (χ4v) is 2.31. The van der Waals surface area contributed by atoms with Gasteiger partial charge in [-0.05, 0) is 25.1 Å². The largest absolute Gasteiger partial charge is 0.495 e. The molecule has 5 nitrogen and oxygen atoms in total. The SMILES string of the molecule is Cl.Cl.NCCCOc1ccc(Cl)c2c1B(O)OC2CN. The van der Waals surface area contributed by atoms with Gasteiger partial charge < -0.3 is 25.9 Å². The monoisotopic (exact) mass is 342 g/mol. The standard InChI is InChI=1S/C11H16BClN2O3.2ClH/c13-7-2-3-8(17-5-1-4-14)11-10(7)9(6-15)18-12(11)16;;/h2-3,9,16H,1,4-6,14-15H2;2*1H. The lowest BCUT2D eigenvalue weighted by atomic mass is 9.78. The smallest absolute Gasteiger partial charge is 0.494 e. The lowest BCUT2D eigenvalue weighted by Crippen LogP contribution is -2.30. The van der Waals surface area contributed by atoms with E-state index in [9.17, 15) is 5.02 Å². The van der Waals surface area contributed by atoms with E-state index in [0.29, 0.717) is 29.4 Å². The summed E-state index contributed by atoms with van der Waals surface area (Å²) < 4.78 is 10.9. The predicted molar refractivity (Wildman–Crippen MR) is 85.6 cm³/mol. The summed E-state index contributed by atoms with van der Waals surface area (Å²) in [6, 6.07) is 3.45. The average Bonchev–Trinajstić information content (AvgIpc) is 2.71. The molecule has 1 heterocycles. The van der Waals surface area contributed by atoms with Crippen LogP contribution in [-0.2, 0) is 4.65 Å².